The average Bonchev–Trinajstić information content (AvgIpc) is 2.46. The number of hydrogen-bond acceptors (Lipinski definition) is 4. The van der Waals surface area contributed by atoms with Crippen molar-refractivity contribution in [2.75, 3.05) is 0 Å². The molecule has 1 amide bonds. The molecule has 5 nitrogen and oxygen atoms in total. The summed E-state index contributed by atoms with van der Waals surface area (Å²) < 4.78 is 68.0. The van der Waals surface area contributed by atoms with E-state index >= 15 is 0 Å². The highest BCUT2D eigenvalue weighted by Gasteiger charge is 2.34. The Labute approximate surface area is 136 Å². The second-order valence-corrected chi connectivity index (χ2v) is 6.42. The first-order valence-electron chi connectivity index (χ1n) is 6.53. The third kappa shape index (κ3) is 3.67. The lowest BCUT2D eigenvalue weighted by molar-refractivity contribution is -0.138. The average molecular weight is 359 g/mol. The molecule has 0 atom stereocenters. The number of rotatable bonds is 4. The van der Waals surface area contributed by atoms with Crippen molar-refractivity contribution in [2.24, 2.45) is 5.73 Å². The predicted molar refractivity (Wildman–Crippen MR) is 79.0 cm³/mol. The standard InChI is InChI=1S/C15H12F3NO4S/c1-9-6-7-10(8-12(9)15(16,17)18)24(21,22)23-13-5-3-2-4-11(13)14(19)20/h2-8H,1H3,(H2,19,20). The molecule has 0 saturated heterocycles. The van der Waals surface area contributed by atoms with E-state index in [0.717, 1.165) is 12.1 Å². The zero-order chi connectivity index (χ0) is 18.1. The van der Waals surface area contributed by atoms with Crippen LogP contribution in [0.3, 0.4) is 0 Å². The molecular formula is C15H12F3NO4S. The van der Waals surface area contributed by atoms with Gasteiger partial charge < -0.3 is 9.92 Å². The van der Waals surface area contributed by atoms with E-state index in [-0.39, 0.29) is 16.9 Å². The van der Waals surface area contributed by atoms with Crippen LogP contribution in [-0.4, -0.2) is 14.3 Å². The zero-order valence-corrected chi connectivity index (χ0v) is 13.1. The first-order valence-corrected chi connectivity index (χ1v) is 7.94. The SMILES string of the molecule is Cc1ccc(S(=O)(=O)Oc2ccccc2C(N)=O)cc1C(F)(F)F. The van der Waals surface area contributed by atoms with Gasteiger partial charge in [-0.15, -0.1) is 0 Å². The molecule has 0 spiro atoms. The van der Waals surface area contributed by atoms with E-state index in [0.29, 0.717) is 6.07 Å². The van der Waals surface area contributed by atoms with Crippen molar-refractivity contribution in [3.05, 3.63) is 59.2 Å². The minimum Gasteiger partial charge on any atom is -0.378 e. The van der Waals surface area contributed by atoms with Crippen LogP contribution in [-0.2, 0) is 16.3 Å². The number of alkyl halides is 3. The van der Waals surface area contributed by atoms with Crippen LogP contribution in [0.1, 0.15) is 21.5 Å². The summed E-state index contributed by atoms with van der Waals surface area (Å²) in [5.74, 6) is -1.29. The van der Waals surface area contributed by atoms with Gasteiger partial charge in [-0.2, -0.15) is 21.6 Å². The van der Waals surface area contributed by atoms with Crippen LogP contribution >= 0.6 is 0 Å². The number of hydrogen-bond donors (Lipinski definition) is 1. The Balaban J connectivity index is 2.48. The van der Waals surface area contributed by atoms with Gasteiger partial charge in [0.2, 0.25) is 0 Å². The number of amides is 1. The Morgan fingerprint density at radius 3 is 2.33 bits per heavy atom. The van der Waals surface area contributed by atoms with E-state index in [1.165, 1.54) is 31.2 Å². The fourth-order valence-electron chi connectivity index (χ4n) is 1.97. The van der Waals surface area contributed by atoms with Gasteiger partial charge in [0, 0.05) is 0 Å². The van der Waals surface area contributed by atoms with Gasteiger partial charge in [-0.1, -0.05) is 18.2 Å². The number of benzene rings is 2. The van der Waals surface area contributed by atoms with Crippen molar-refractivity contribution in [2.45, 2.75) is 18.0 Å². The summed E-state index contributed by atoms with van der Waals surface area (Å²) in [5, 5.41) is 0. The predicted octanol–water partition coefficient (Wildman–Crippen LogP) is 2.88. The van der Waals surface area contributed by atoms with E-state index in [9.17, 15) is 26.4 Å². The Bertz CT molecular complexity index is 892. The molecule has 2 aromatic carbocycles. The normalized spacial score (nSPS) is 12.0. The number of nitrogens with two attached hydrogens (primary N) is 1. The van der Waals surface area contributed by atoms with E-state index in [2.05, 4.69) is 0 Å². The first kappa shape index (κ1) is 17.8. The molecule has 2 N–H and O–H groups in total. The van der Waals surface area contributed by atoms with Crippen molar-refractivity contribution in [3.8, 4) is 5.75 Å². The van der Waals surface area contributed by atoms with E-state index in [1.807, 2.05) is 0 Å². The molecule has 0 unspecified atom stereocenters. The Morgan fingerprint density at radius 1 is 1.12 bits per heavy atom. The lowest BCUT2D eigenvalue weighted by atomic mass is 10.1. The lowest BCUT2D eigenvalue weighted by Crippen LogP contribution is -2.17. The third-order valence-corrected chi connectivity index (χ3v) is 4.39. The summed E-state index contributed by atoms with van der Waals surface area (Å²) in [6.45, 7) is 1.21. The van der Waals surface area contributed by atoms with Crippen LogP contribution in [0.2, 0.25) is 0 Å². The van der Waals surface area contributed by atoms with Crippen LogP contribution in [0, 0.1) is 6.92 Å². The summed E-state index contributed by atoms with van der Waals surface area (Å²) in [4.78, 5) is 10.6. The summed E-state index contributed by atoms with van der Waals surface area (Å²) in [7, 11) is -4.58. The fraction of sp³-hybridized carbons (Fsp3) is 0.133. The maximum absolute atomic E-state index is 12.9. The smallest absolute Gasteiger partial charge is 0.378 e. The second-order valence-electron chi connectivity index (χ2n) is 4.87. The molecule has 128 valence electrons. The van der Waals surface area contributed by atoms with Crippen LogP contribution in [0.15, 0.2) is 47.4 Å². The quantitative estimate of drug-likeness (QED) is 0.851. The summed E-state index contributed by atoms with van der Waals surface area (Å²) >= 11 is 0. The molecule has 0 aliphatic heterocycles. The first-order chi connectivity index (χ1) is 11.0. The molecule has 0 bridgehead atoms. The number of halogens is 3. The van der Waals surface area contributed by atoms with Crippen molar-refractivity contribution < 1.29 is 30.6 Å². The van der Waals surface area contributed by atoms with Gasteiger partial charge in [0.05, 0.1) is 11.1 Å². The zero-order valence-electron chi connectivity index (χ0n) is 12.3. The van der Waals surface area contributed by atoms with Crippen LogP contribution in [0.5, 0.6) is 5.75 Å². The van der Waals surface area contributed by atoms with Crippen molar-refractivity contribution in [3.63, 3.8) is 0 Å². The minimum atomic E-state index is -4.71. The molecule has 2 rings (SSSR count). The molecule has 0 fully saturated rings. The Kier molecular flexibility index (Phi) is 4.57. The van der Waals surface area contributed by atoms with Crippen LogP contribution in [0.4, 0.5) is 13.2 Å². The van der Waals surface area contributed by atoms with Crippen molar-refractivity contribution in [1.29, 1.82) is 0 Å². The highest BCUT2D eigenvalue weighted by molar-refractivity contribution is 7.87. The lowest BCUT2D eigenvalue weighted by Gasteiger charge is -2.13. The molecule has 0 aliphatic carbocycles. The van der Waals surface area contributed by atoms with Gasteiger partial charge in [-0.05, 0) is 36.8 Å². The maximum Gasteiger partial charge on any atom is 0.416 e. The molecule has 0 heterocycles. The molecule has 9 heteroatoms. The molecule has 0 radical (unpaired) electrons. The molecule has 24 heavy (non-hydrogen) atoms. The van der Waals surface area contributed by atoms with Crippen molar-refractivity contribution in [1.82, 2.24) is 0 Å². The third-order valence-electron chi connectivity index (χ3n) is 3.16. The molecule has 2 aromatic rings. The molecule has 0 aliphatic rings. The number of para-hydroxylation sites is 1. The summed E-state index contributed by atoms with van der Waals surface area (Å²) in [6, 6.07) is 7.75. The highest BCUT2D eigenvalue weighted by atomic mass is 32.2. The molecular weight excluding hydrogens is 347 g/mol. The maximum atomic E-state index is 12.9. The minimum absolute atomic E-state index is 0.126. The van der Waals surface area contributed by atoms with Gasteiger partial charge in [-0.25, -0.2) is 0 Å². The Morgan fingerprint density at radius 2 is 1.75 bits per heavy atom. The molecule has 0 saturated carbocycles. The summed E-state index contributed by atoms with van der Waals surface area (Å²) in [6.07, 6.45) is -4.71. The monoisotopic (exact) mass is 359 g/mol. The van der Waals surface area contributed by atoms with Crippen molar-refractivity contribution >= 4 is 16.0 Å². The second kappa shape index (κ2) is 6.16. The van der Waals surface area contributed by atoms with E-state index in [1.54, 1.807) is 0 Å². The van der Waals surface area contributed by atoms with Crippen LogP contribution < -0.4 is 9.92 Å². The Hall–Kier alpha value is -2.55. The van der Waals surface area contributed by atoms with E-state index < -0.39 is 32.7 Å². The van der Waals surface area contributed by atoms with Gasteiger partial charge in [0.25, 0.3) is 5.91 Å². The van der Waals surface area contributed by atoms with Gasteiger partial charge in [0.15, 0.2) is 5.75 Å². The molecule has 0 aromatic heterocycles. The number of carbonyl (C=O) groups is 1. The van der Waals surface area contributed by atoms with Gasteiger partial charge >= 0.3 is 16.3 Å². The largest absolute Gasteiger partial charge is 0.416 e. The fourth-order valence-corrected chi connectivity index (χ4v) is 2.95. The number of carbonyl (C=O) groups excluding carboxylic acids is 1. The number of aryl methyl sites for hydroxylation is 1. The summed E-state index contributed by atoms with van der Waals surface area (Å²) in [5.41, 5.74) is 3.69. The van der Waals surface area contributed by atoms with Crippen LogP contribution in [0.25, 0.3) is 0 Å². The van der Waals surface area contributed by atoms with Gasteiger partial charge in [-0.3, -0.25) is 4.79 Å². The topological polar surface area (TPSA) is 86.5 Å². The number of primary amides is 1. The highest BCUT2D eigenvalue weighted by Crippen LogP contribution is 2.34. The van der Waals surface area contributed by atoms with Gasteiger partial charge in [0.1, 0.15) is 4.90 Å². The van der Waals surface area contributed by atoms with E-state index in [4.69, 9.17) is 9.92 Å².